The van der Waals surface area contributed by atoms with Gasteiger partial charge in [-0.2, -0.15) is 5.10 Å². The van der Waals surface area contributed by atoms with E-state index in [1.165, 1.54) is 13.0 Å². The second-order valence-corrected chi connectivity index (χ2v) is 5.30. The van der Waals surface area contributed by atoms with E-state index in [0.29, 0.717) is 11.1 Å². The van der Waals surface area contributed by atoms with Crippen LogP contribution < -0.4 is 5.43 Å². The van der Waals surface area contributed by atoms with Gasteiger partial charge < -0.3 is 0 Å². The van der Waals surface area contributed by atoms with Crippen molar-refractivity contribution >= 4 is 17.2 Å². The second kappa shape index (κ2) is 5.87. The van der Waals surface area contributed by atoms with E-state index in [1.807, 2.05) is 6.92 Å². The first-order valence-corrected chi connectivity index (χ1v) is 6.67. The van der Waals surface area contributed by atoms with Crippen molar-refractivity contribution in [1.82, 2.24) is 5.43 Å². The molecule has 0 aromatic heterocycles. The van der Waals surface area contributed by atoms with E-state index in [1.54, 1.807) is 12.1 Å². The van der Waals surface area contributed by atoms with E-state index in [4.69, 9.17) is 0 Å². The number of carbonyl (C=O) groups excluding carboxylic acids is 1. The Balaban J connectivity index is 2.43. The maximum Gasteiger partial charge on any atom is 0.273 e. The fourth-order valence-corrected chi connectivity index (χ4v) is 2.42. The Labute approximate surface area is 122 Å². The zero-order valence-electron chi connectivity index (χ0n) is 12.0. The summed E-state index contributed by atoms with van der Waals surface area (Å²) in [6.45, 7) is 7.24. The lowest BCUT2D eigenvalue weighted by atomic mass is 9.92. The molecule has 6 heteroatoms. The van der Waals surface area contributed by atoms with Crippen molar-refractivity contribution < 1.29 is 9.72 Å². The van der Waals surface area contributed by atoms with E-state index < -0.39 is 4.92 Å². The number of Topliss-reactive ketones (excluding diaryl/α,β-unsaturated/α-hetero) is 1. The normalized spacial score (nSPS) is 17.9. The smallest absolute Gasteiger partial charge is 0.273 e. The van der Waals surface area contributed by atoms with Gasteiger partial charge in [0, 0.05) is 35.2 Å². The van der Waals surface area contributed by atoms with Crippen LogP contribution in [0.4, 0.5) is 5.69 Å². The summed E-state index contributed by atoms with van der Waals surface area (Å²) >= 11 is 0. The van der Waals surface area contributed by atoms with Gasteiger partial charge in [0.05, 0.1) is 10.6 Å². The van der Waals surface area contributed by atoms with E-state index >= 15 is 0 Å². The van der Waals surface area contributed by atoms with Crippen LogP contribution in [-0.2, 0) is 11.2 Å². The zero-order valence-corrected chi connectivity index (χ0v) is 12.0. The van der Waals surface area contributed by atoms with E-state index in [0.717, 1.165) is 17.8 Å². The molecule has 110 valence electrons. The summed E-state index contributed by atoms with van der Waals surface area (Å²) in [5.74, 6) is 0.0317. The number of benzene rings is 1. The average molecular weight is 287 g/mol. The molecule has 0 radical (unpaired) electrons. The molecule has 0 aliphatic carbocycles. The fourth-order valence-electron chi connectivity index (χ4n) is 2.42. The predicted octanol–water partition coefficient (Wildman–Crippen LogP) is 2.57. The summed E-state index contributed by atoms with van der Waals surface area (Å²) in [6, 6.07) is 4.90. The van der Waals surface area contributed by atoms with Crippen LogP contribution in [0.25, 0.3) is 0 Å². The zero-order chi connectivity index (χ0) is 15.6. The number of rotatable bonds is 4. The molecule has 2 rings (SSSR count). The van der Waals surface area contributed by atoms with Crippen LogP contribution in [0.3, 0.4) is 0 Å². The molecule has 0 spiro atoms. The van der Waals surface area contributed by atoms with Gasteiger partial charge in [0.2, 0.25) is 0 Å². The summed E-state index contributed by atoms with van der Waals surface area (Å²) < 4.78 is 0. The van der Waals surface area contributed by atoms with Gasteiger partial charge in [-0.1, -0.05) is 25.6 Å². The van der Waals surface area contributed by atoms with Crippen molar-refractivity contribution in [2.24, 2.45) is 11.0 Å². The predicted molar refractivity (Wildman–Crippen MR) is 80.1 cm³/mol. The molecule has 21 heavy (non-hydrogen) atoms. The number of hydrazone groups is 1. The third kappa shape index (κ3) is 3.34. The number of nitro benzene ring substituents is 1. The molecule has 1 N–H and O–H groups in total. The highest BCUT2D eigenvalue weighted by molar-refractivity contribution is 6.03. The van der Waals surface area contributed by atoms with Crippen LogP contribution in [0.5, 0.6) is 0 Å². The number of hydrogen-bond donors (Lipinski definition) is 1. The Morgan fingerprint density at radius 2 is 2.29 bits per heavy atom. The second-order valence-electron chi connectivity index (χ2n) is 5.30. The van der Waals surface area contributed by atoms with Crippen LogP contribution in [0.2, 0.25) is 0 Å². The fraction of sp³-hybridized carbons (Fsp3) is 0.333. The van der Waals surface area contributed by atoms with Crippen molar-refractivity contribution in [3.05, 3.63) is 51.7 Å². The van der Waals surface area contributed by atoms with E-state index in [9.17, 15) is 14.9 Å². The maximum absolute atomic E-state index is 11.2. The summed E-state index contributed by atoms with van der Waals surface area (Å²) in [5, 5.41) is 15.4. The highest BCUT2D eigenvalue weighted by Crippen LogP contribution is 2.26. The molecule has 1 atom stereocenters. The van der Waals surface area contributed by atoms with Crippen LogP contribution in [-0.4, -0.2) is 16.4 Å². The molecule has 0 unspecified atom stereocenters. The topological polar surface area (TPSA) is 84.6 Å². The number of allylic oxidation sites excluding steroid dienone is 1. The molecule has 0 bridgehead atoms. The number of nitro groups is 1. The number of carbonyl (C=O) groups is 1. The van der Waals surface area contributed by atoms with Crippen molar-refractivity contribution in [2.45, 2.75) is 26.7 Å². The third-order valence-corrected chi connectivity index (χ3v) is 3.37. The van der Waals surface area contributed by atoms with Crippen LogP contribution in [0.1, 0.15) is 31.4 Å². The number of nitrogens with zero attached hydrogens (tertiary/aromatic N) is 2. The molecule has 0 saturated heterocycles. The Kier molecular flexibility index (Phi) is 4.16. The first-order chi connectivity index (χ1) is 9.88. The highest BCUT2D eigenvalue weighted by atomic mass is 16.6. The van der Waals surface area contributed by atoms with Gasteiger partial charge >= 0.3 is 0 Å². The molecule has 1 heterocycles. The molecule has 0 amide bonds. The lowest BCUT2D eigenvalue weighted by Gasteiger charge is -2.22. The first kappa shape index (κ1) is 14.9. The minimum absolute atomic E-state index is 0.0398. The standard InChI is InChI=1S/C15H17N3O3/c1-9-6-10(2)16-17-15(9)13-5-4-12(7-11(3)19)14(8-13)18(20)21/h4-5,8-9,16H,2,6-7H2,1,3H3/t9-/m1/s1. The Morgan fingerprint density at radius 3 is 2.86 bits per heavy atom. The van der Waals surface area contributed by atoms with Crippen molar-refractivity contribution in [3.8, 4) is 0 Å². The SMILES string of the molecule is C=C1C[C@@H](C)C(c2ccc(CC(C)=O)c([N+](=O)[O-])c2)=NN1. The van der Waals surface area contributed by atoms with Gasteiger partial charge in [0.25, 0.3) is 5.69 Å². The number of hydrogen-bond acceptors (Lipinski definition) is 5. The lowest BCUT2D eigenvalue weighted by molar-refractivity contribution is -0.385. The third-order valence-electron chi connectivity index (χ3n) is 3.37. The van der Waals surface area contributed by atoms with Crippen molar-refractivity contribution in [2.75, 3.05) is 0 Å². The molecule has 6 nitrogen and oxygen atoms in total. The van der Waals surface area contributed by atoms with Gasteiger partial charge in [-0.15, -0.1) is 0 Å². The maximum atomic E-state index is 11.2. The Bertz CT molecular complexity index is 650. The molecule has 1 aliphatic rings. The van der Waals surface area contributed by atoms with Crippen molar-refractivity contribution in [1.29, 1.82) is 0 Å². The summed E-state index contributed by atoms with van der Waals surface area (Å²) in [5.41, 5.74) is 5.50. The molecular weight excluding hydrogens is 270 g/mol. The van der Waals surface area contributed by atoms with Gasteiger partial charge in [-0.05, 0) is 13.3 Å². The quantitative estimate of drug-likeness (QED) is 0.681. The number of nitrogens with one attached hydrogen (secondary N) is 1. The monoisotopic (exact) mass is 287 g/mol. The molecule has 1 aromatic rings. The van der Waals surface area contributed by atoms with Gasteiger partial charge in [0.1, 0.15) is 5.78 Å². The Morgan fingerprint density at radius 1 is 1.57 bits per heavy atom. The largest absolute Gasteiger partial charge is 0.300 e. The van der Waals surface area contributed by atoms with Gasteiger partial charge in [-0.3, -0.25) is 20.3 Å². The minimum Gasteiger partial charge on any atom is -0.300 e. The van der Waals surface area contributed by atoms with E-state index in [2.05, 4.69) is 17.1 Å². The molecule has 0 fully saturated rings. The summed E-state index contributed by atoms with van der Waals surface area (Å²) in [6.07, 6.45) is 0.801. The molecular formula is C15H17N3O3. The number of ketones is 1. The van der Waals surface area contributed by atoms with Crippen LogP contribution >= 0.6 is 0 Å². The van der Waals surface area contributed by atoms with Crippen LogP contribution in [0.15, 0.2) is 35.6 Å². The molecule has 0 saturated carbocycles. The van der Waals surface area contributed by atoms with Gasteiger partial charge in [-0.25, -0.2) is 0 Å². The molecule has 1 aromatic carbocycles. The summed E-state index contributed by atoms with van der Waals surface area (Å²) in [7, 11) is 0. The van der Waals surface area contributed by atoms with Crippen LogP contribution in [0, 0.1) is 16.0 Å². The minimum atomic E-state index is -0.456. The first-order valence-electron chi connectivity index (χ1n) is 6.67. The van der Waals surface area contributed by atoms with Gasteiger partial charge in [0.15, 0.2) is 0 Å². The Hall–Kier alpha value is -2.50. The van der Waals surface area contributed by atoms with Crippen molar-refractivity contribution in [3.63, 3.8) is 0 Å². The summed E-state index contributed by atoms with van der Waals surface area (Å²) in [4.78, 5) is 21.9. The highest BCUT2D eigenvalue weighted by Gasteiger charge is 2.22. The average Bonchev–Trinajstić information content (AvgIpc) is 2.38. The molecule has 1 aliphatic heterocycles. The van der Waals surface area contributed by atoms with E-state index in [-0.39, 0.29) is 23.8 Å². The lowest BCUT2D eigenvalue weighted by Crippen LogP contribution is -2.25.